The molecule has 0 aliphatic heterocycles. The SMILES string of the molecule is COCCOCCCOC(CI)c1cccc(Br)c1. The van der Waals surface area contributed by atoms with Crippen LogP contribution in [0.2, 0.25) is 0 Å². The molecule has 1 unspecified atom stereocenters. The van der Waals surface area contributed by atoms with E-state index >= 15 is 0 Å². The van der Waals surface area contributed by atoms with Gasteiger partial charge in [-0.05, 0) is 24.1 Å². The average molecular weight is 443 g/mol. The number of alkyl halides is 1. The Morgan fingerprint density at radius 3 is 2.74 bits per heavy atom. The lowest BCUT2D eigenvalue weighted by Crippen LogP contribution is -2.10. The lowest BCUT2D eigenvalue weighted by atomic mass is 10.1. The summed E-state index contributed by atoms with van der Waals surface area (Å²) in [6, 6.07) is 8.27. The van der Waals surface area contributed by atoms with Gasteiger partial charge in [-0.15, -0.1) is 0 Å². The van der Waals surface area contributed by atoms with Crippen LogP contribution in [0.1, 0.15) is 18.1 Å². The van der Waals surface area contributed by atoms with E-state index in [4.69, 9.17) is 14.2 Å². The van der Waals surface area contributed by atoms with Crippen LogP contribution in [0.4, 0.5) is 0 Å². The average Bonchev–Trinajstić information content (AvgIpc) is 2.42. The summed E-state index contributed by atoms with van der Waals surface area (Å²) in [5, 5.41) is 0. The summed E-state index contributed by atoms with van der Waals surface area (Å²) in [7, 11) is 1.68. The molecule has 0 aromatic heterocycles. The minimum Gasteiger partial charge on any atom is -0.382 e. The Bertz CT molecular complexity index is 349. The van der Waals surface area contributed by atoms with Gasteiger partial charge < -0.3 is 14.2 Å². The van der Waals surface area contributed by atoms with Gasteiger partial charge in [0.15, 0.2) is 0 Å². The second-order valence-electron chi connectivity index (χ2n) is 4.03. The molecule has 0 spiro atoms. The largest absolute Gasteiger partial charge is 0.382 e. The van der Waals surface area contributed by atoms with Crippen molar-refractivity contribution in [3.8, 4) is 0 Å². The van der Waals surface area contributed by atoms with Gasteiger partial charge in [-0.3, -0.25) is 0 Å². The lowest BCUT2D eigenvalue weighted by molar-refractivity contribution is 0.0321. The van der Waals surface area contributed by atoms with Crippen LogP contribution >= 0.6 is 38.5 Å². The molecular formula is C14H20BrIO3. The maximum absolute atomic E-state index is 5.90. The maximum Gasteiger partial charge on any atom is 0.0914 e. The highest BCUT2D eigenvalue weighted by Crippen LogP contribution is 2.23. The fraction of sp³-hybridized carbons (Fsp3) is 0.571. The van der Waals surface area contributed by atoms with E-state index in [1.165, 1.54) is 5.56 Å². The predicted molar refractivity (Wildman–Crippen MR) is 89.0 cm³/mol. The second kappa shape index (κ2) is 11.0. The van der Waals surface area contributed by atoms with Crippen LogP contribution in [0, 0.1) is 0 Å². The zero-order chi connectivity index (χ0) is 13.9. The Balaban J connectivity index is 2.22. The molecule has 0 saturated carbocycles. The number of benzene rings is 1. The van der Waals surface area contributed by atoms with Crippen LogP contribution in [0.15, 0.2) is 28.7 Å². The van der Waals surface area contributed by atoms with E-state index < -0.39 is 0 Å². The first-order valence-electron chi connectivity index (χ1n) is 6.27. The monoisotopic (exact) mass is 442 g/mol. The Kier molecular flexibility index (Phi) is 10.1. The van der Waals surface area contributed by atoms with E-state index in [0.717, 1.165) is 21.9 Å². The smallest absolute Gasteiger partial charge is 0.0914 e. The summed E-state index contributed by atoms with van der Waals surface area (Å²) in [4.78, 5) is 0. The van der Waals surface area contributed by atoms with Gasteiger partial charge in [0.2, 0.25) is 0 Å². The first-order chi connectivity index (χ1) is 9.27. The quantitative estimate of drug-likeness (QED) is 0.311. The molecular weight excluding hydrogens is 423 g/mol. The fourth-order valence-electron chi connectivity index (χ4n) is 1.57. The molecule has 0 amide bonds. The lowest BCUT2D eigenvalue weighted by Gasteiger charge is -2.16. The van der Waals surface area contributed by atoms with Crippen LogP contribution in [0.3, 0.4) is 0 Å². The van der Waals surface area contributed by atoms with Crippen molar-refractivity contribution >= 4 is 38.5 Å². The number of methoxy groups -OCH3 is 1. The molecule has 0 N–H and O–H groups in total. The molecule has 108 valence electrons. The third-order valence-electron chi connectivity index (χ3n) is 2.54. The van der Waals surface area contributed by atoms with Crippen LogP contribution < -0.4 is 0 Å². The molecule has 5 heteroatoms. The van der Waals surface area contributed by atoms with Crippen molar-refractivity contribution in [1.82, 2.24) is 0 Å². The van der Waals surface area contributed by atoms with Crippen molar-refractivity contribution in [2.75, 3.05) is 38.0 Å². The first kappa shape index (κ1) is 17.4. The van der Waals surface area contributed by atoms with E-state index in [-0.39, 0.29) is 6.10 Å². The summed E-state index contributed by atoms with van der Waals surface area (Å²) in [5.41, 5.74) is 1.21. The first-order valence-corrected chi connectivity index (χ1v) is 8.59. The molecule has 1 atom stereocenters. The van der Waals surface area contributed by atoms with Gasteiger partial charge in [0.25, 0.3) is 0 Å². The summed E-state index contributed by atoms with van der Waals surface area (Å²) >= 11 is 5.84. The Morgan fingerprint density at radius 2 is 2.05 bits per heavy atom. The zero-order valence-electron chi connectivity index (χ0n) is 11.1. The molecule has 1 aromatic rings. The molecule has 0 heterocycles. The van der Waals surface area contributed by atoms with E-state index in [1.54, 1.807) is 7.11 Å². The minimum atomic E-state index is 0.150. The summed E-state index contributed by atoms with van der Waals surface area (Å²) in [6.45, 7) is 2.73. The van der Waals surface area contributed by atoms with Crippen molar-refractivity contribution in [1.29, 1.82) is 0 Å². The second-order valence-corrected chi connectivity index (χ2v) is 5.82. The molecule has 0 saturated heterocycles. The Morgan fingerprint density at radius 1 is 1.21 bits per heavy atom. The van der Waals surface area contributed by atoms with Gasteiger partial charge in [0, 0.05) is 29.2 Å². The highest BCUT2D eigenvalue weighted by atomic mass is 127. The number of ether oxygens (including phenoxy) is 3. The highest BCUT2D eigenvalue weighted by Gasteiger charge is 2.10. The van der Waals surface area contributed by atoms with E-state index in [9.17, 15) is 0 Å². The van der Waals surface area contributed by atoms with Crippen LogP contribution in [-0.2, 0) is 14.2 Å². The molecule has 1 rings (SSSR count). The highest BCUT2D eigenvalue weighted by molar-refractivity contribution is 14.1. The predicted octanol–water partition coefficient (Wildman–Crippen LogP) is 3.99. The van der Waals surface area contributed by atoms with Crippen molar-refractivity contribution < 1.29 is 14.2 Å². The molecule has 0 bridgehead atoms. The van der Waals surface area contributed by atoms with Crippen LogP contribution in [0.5, 0.6) is 0 Å². The van der Waals surface area contributed by atoms with E-state index in [0.29, 0.717) is 19.8 Å². The zero-order valence-corrected chi connectivity index (χ0v) is 14.9. The summed E-state index contributed by atoms with van der Waals surface area (Å²) in [6.07, 6.45) is 1.06. The van der Waals surface area contributed by atoms with Gasteiger partial charge >= 0.3 is 0 Å². The number of halogens is 2. The molecule has 0 fully saturated rings. The van der Waals surface area contributed by atoms with Crippen molar-refractivity contribution in [2.45, 2.75) is 12.5 Å². The molecule has 19 heavy (non-hydrogen) atoms. The number of hydrogen-bond donors (Lipinski definition) is 0. The minimum absolute atomic E-state index is 0.150. The van der Waals surface area contributed by atoms with Gasteiger partial charge in [-0.25, -0.2) is 0 Å². The van der Waals surface area contributed by atoms with Gasteiger partial charge in [-0.2, -0.15) is 0 Å². The number of hydrogen-bond acceptors (Lipinski definition) is 3. The number of rotatable bonds is 10. The van der Waals surface area contributed by atoms with Crippen LogP contribution in [0.25, 0.3) is 0 Å². The molecule has 3 nitrogen and oxygen atoms in total. The molecule has 0 aliphatic rings. The standard InChI is InChI=1S/C14H20BrIO3/c1-17-8-9-18-6-3-7-19-14(11-16)12-4-2-5-13(15)10-12/h2,4-5,10,14H,3,6-9,11H2,1H3. The molecule has 0 aliphatic carbocycles. The van der Waals surface area contributed by atoms with Crippen molar-refractivity contribution in [3.63, 3.8) is 0 Å². The maximum atomic E-state index is 5.90. The fourth-order valence-corrected chi connectivity index (χ4v) is 2.75. The van der Waals surface area contributed by atoms with Crippen LogP contribution in [-0.4, -0.2) is 38.0 Å². The molecule has 0 radical (unpaired) electrons. The van der Waals surface area contributed by atoms with Gasteiger partial charge in [0.05, 0.1) is 19.3 Å². The third kappa shape index (κ3) is 7.60. The van der Waals surface area contributed by atoms with E-state index in [1.807, 2.05) is 12.1 Å². The van der Waals surface area contributed by atoms with Crippen molar-refractivity contribution in [3.05, 3.63) is 34.3 Å². The van der Waals surface area contributed by atoms with E-state index in [2.05, 4.69) is 50.7 Å². The topological polar surface area (TPSA) is 27.7 Å². The van der Waals surface area contributed by atoms with Crippen molar-refractivity contribution in [2.24, 2.45) is 0 Å². The summed E-state index contributed by atoms with van der Waals surface area (Å²) < 4.78 is 18.2. The van der Waals surface area contributed by atoms with Gasteiger partial charge in [0.1, 0.15) is 0 Å². The summed E-state index contributed by atoms with van der Waals surface area (Å²) in [5.74, 6) is 0. The van der Waals surface area contributed by atoms with Gasteiger partial charge in [-0.1, -0.05) is 50.7 Å². The Labute approximate surface area is 137 Å². The Hall–Kier alpha value is 0.310. The third-order valence-corrected chi connectivity index (χ3v) is 3.84. The normalized spacial score (nSPS) is 12.6. The molecule has 1 aromatic carbocycles.